The van der Waals surface area contributed by atoms with Crippen LogP contribution in [0.15, 0.2) is 72.8 Å². The van der Waals surface area contributed by atoms with Crippen molar-refractivity contribution in [3.63, 3.8) is 0 Å². The normalized spacial score (nSPS) is 20.3. The topological polar surface area (TPSA) is 80.9 Å². The van der Waals surface area contributed by atoms with Gasteiger partial charge < -0.3 is 20.4 Å². The second-order valence-corrected chi connectivity index (χ2v) is 17.4. The smallest absolute Gasteiger partial charge is 0.141 e. The first-order chi connectivity index (χ1) is 20.9. The number of aliphatic hydroxyl groups is 2. The maximum atomic E-state index is 13.3. The van der Waals surface area contributed by atoms with Crippen LogP contribution in [0.2, 0.25) is 0 Å². The van der Waals surface area contributed by atoms with E-state index in [9.17, 15) is 20.4 Å². The number of fused-ring (bicyclic) bond motifs is 2. The van der Waals surface area contributed by atoms with E-state index in [1.165, 1.54) is 0 Å². The molecule has 5 rings (SSSR count). The van der Waals surface area contributed by atoms with Crippen LogP contribution in [0, 0.1) is 0 Å². The van der Waals surface area contributed by atoms with Gasteiger partial charge in [-0.05, 0) is 102 Å². The number of rotatable bonds is 2. The molecule has 0 fully saturated rings. The van der Waals surface area contributed by atoms with Crippen LogP contribution >= 0.6 is 0 Å². The monoisotopic (exact) mass is 620 g/mol. The highest BCUT2D eigenvalue weighted by molar-refractivity contribution is 5.68. The molecule has 0 aromatic heterocycles. The molecule has 0 unspecified atom stereocenters. The van der Waals surface area contributed by atoms with Crippen molar-refractivity contribution >= 4 is 0 Å². The van der Waals surface area contributed by atoms with Crippen molar-refractivity contribution in [2.45, 2.75) is 116 Å². The molecule has 1 aliphatic carbocycles. The summed E-state index contributed by atoms with van der Waals surface area (Å²) in [5, 5.41) is 49.7. The van der Waals surface area contributed by atoms with Gasteiger partial charge >= 0.3 is 0 Å². The molecule has 46 heavy (non-hydrogen) atoms. The van der Waals surface area contributed by atoms with E-state index in [-0.39, 0.29) is 11.5 Å². The molecule has 4 heteroatoms. The molecule has 244 valence electrons. The van der Waals surface area contributed by atoms with Gasteiger partial charge in [0.1, 0.15) is 22.7 Å². The summed E-state index contributed by atoms with van der Waals surface area (Å²) in [7, 11) is 0. The molecule has 0 amide bonds. The van der Waals surface area contributed by atoms with E-state index in [2.05, 4.69) is 83.1 Å². The van der Waals surface area contributed by atoms with E-state index < -0.39 is 32.9 Å². The molecule has 0 spiro atoms. The maximum Gasteiger partial charge on any atom is 0.141 e. The van der Waals surface area contributed by atoms with E-state index in [4.69, 9.17) is 0 Å². The van der Waals surface area contributed by atoms with Gasteiger partial charge in [0.2, 0.25) is 0 Å². The molecule has 4 nitrogen and oxygen atoms in total. The van der Waals surface area contributed by atoms with Gasteiger partial charge in [0.25, 0.3) is 0 Å². The lowest BCUT2D eigenvalue weighted by Crippen LogP contribution is -2.44. The van der Waals surface area contributed by atoms with Crippen LogP contribution in [0.3, 0.4) is 0 Å². The lowest BCUT2D eigenvalue weighted by atomic mass is 9.62. The third kappa shape index (κ3) is 5.15. The van der Waals surface area contributed by atoms with Gasteiger partial charge in [-0.25, -0.2) is 0 Å². The van der Waals surface area contributed by atoms with Crippen LogP contribution in [0.5, 0.6) is 11.5 Å². The Balaban J connectivity index is 1.94. The molecule has 0 saturated carbocycles. The number of phenols is 2. The van der Waals surface area contributed by atoms with Gasteiger partial charge in [-0.15, -0.1) is 0 Å². The molecular weight excluding hydrogens is 568 g/mol. The molecule has 4 N–H and O–H groups in total. The predicted molar refractivity (Wildman–Crippen MR) is 188 cm³/mol. The zero-order valence-corrected chi connectivity index (χ0v) is 29.7. The highest BCUT2D eigenvalue weighted by Crippen LogP contribution is 2.55. The van der Waals surface area contributed by atoms with Crippen molar-refractivity contribution < 1.29 is 20.4 Å². The third-order valence-electron chi connectivity index (χ3n) is 9.70. The van der Waals surface area contributed by atoms with Gasteiger partial charge in [-0.3, -0.25) is 0 Å². The van der Waals surface area contributed by atoms with Crippen molar-refractivity contribution in [1.82, 2.24) is 0 Å². The Morgan fingerprint density at radius 2 is 0.587 bits per heavy atom. The highest BCUT2D eigenvalue weighted by Gasteiger charge is 2.52. The Kier molecular flexibility index (Phi) is 7.67. The molecule has 4 aromatic rings. The van der Waals surface area contributed by atoms with Crippen LogP contribution in [-0.4, -0.2) is 20.4 Å². The second kappa shape index (κ2) is 10.5. The van der Waals surface area contributed by atoms with Crippen LogP contribution < -0.4 is 0 Å². The molecule has 0 heterocycles. The van der Waals surface area contributed by atoms with Gasteiger partial charge in [0.05, 0.1) is 0 Å². The minimum Gasteiger partial charge on any atom is -0.507 e. The molecule has 0 saturated heterocycles. The average Bonchev–Trinajstić information content (AvgIpc) is 2.93. The van der Waals surface area contributed by atoms with E-state index in [0.717, 1.165) is 22.3 Å². The summed E-state index contributed by atoms with van der Waals surface area (Å²) >= 11 is 0. The van der Waals surface area contributed by atoms with Gasteiger partial charge in [-0.1, -0.05) is 132 Å². The minimum atomic E-state index is -1.64. The van der Waals surface area contributed by atoms with E-state index in [1.54, 1.807) is 0 Å². The molecule has 1 aliphatic rings. The Hall–Kier alpha value is -3.60. The highest BCUT2D eigenvalue weighted by atomic mass is 16.3. The summed E-state index contributed by atoms with van der Waals surface area (Å²) in [5.41, 5.74) is 1.71. The zero-order valence-electron chi connectivity index (χ0n) is 29.7. The second-order valence-electron chi connectivity index (χ2n) is 17.4. The first-order valence-corrected chi connectivity index (χ1v) is 16.4. The van der Waals surface area contributed by atoms with Crippen LogP contribution in [0.1, 0.15) is 139 Å². The lowest BCUT2D eigenvalue weighted by molar-refractivity contribution is 0.0743. The average molecular weight is 621 g/mol. The quantitative estimate of drug-likeness (QED) is 0.180. The summed E-state index contributed by atoms with van der Waals surface area (Å²) in [4.78, 5) is 0. The lowest BCUT2D eigenvalue weighted by Gasteiger charge is -2.46. The Bertz CT molecular complexity index is 1570. The zero-order chi connectivity index (χ0) is 34.4. The van der Waals surface area contributed by atoms with E-state index in [0.29, 0.717) is 33.4 Å². The van der Waals surface area contributed by atoms with Crippen LogP contribution in [0.4, 0.5) is 0 Å². The predicted octanol–water partition coefficient (Wildman–Crippen LogP) is 9.17. The molecule has 0 atom stereocenters. The molecular formula is C42H52O4. The fraction of sp³-hybridized carbons (Fsp3) is 0.429. The van der Waals surface area contributed by atoms with Gasteiger partial charge in [-0.2, -0.15) is 0 Å². The number of hydrogen-bond acceptors (Lipinski definition) is 4. The number of hydrogen-bond donors (Lipinski definition) is 4. The van der Waals surface area contributed by atoms with Gasteiger partial charge in [0, 0.05) is 0 Å². The van der Waals surface area contributed by atoms with Crippen molar-refractivity contribution in [2.75, 3.05) is 0 Å². The number of benzene rings is 4. The Morgan fingerprint density at radius 1 is 0.391 bits per heavy atom. The molecule has 0 radical (unpaired) electrons. The molecule has 0 aliphatic heterocycles. The number of aromatic hydroxyl groups is 2. The Labute approximate surface area is 275 Å². The van der Waals surface area contributed by atoms with E-state index >= 15 is 0 Å². The summed E-state index contributed by atoms with van der Waals surface area (Å²) in [6.45, 7) is 24.8. The third-order valence-corrected chi connectivity index (χ3v) is 9.70. The molecule has 4 aromatic carbocycles. The first-order valence-electron chi connectivity index (χ1n) is 16.4. The summed E-state index contributed by atoms with van der Waals surface area (Å²) < 4.78 is 0. The summed E-state index contributed by atoms with van der Waals surface area (Å²) in [6, 6.07) is 22.9. The fourth-order valence-electron chi connectivity index (χ4n) is 7.11. The van der Waals surface area contributed by atoms with Gasteiger partial charge in [0.15, 0.2) is 0 Å². The summed E-state index contributed by atoms with van der Waals surface area (Å²) in [6.07, 6.45) is 0. The number of phenolic OH excluding ortho intramolecular Hbond substituents is 2. The molecule has 0 bridgehead atoms. The van der Waals surface area contributed by atoms with Crippen molar-refractivity contribution in [3.05, 3.63) is 128 Å². The fourth-order valence-corrected chi connectivity index (χ4v) is 7.11. The Morgan fingerprint density at radius 3 is 0.761 bits per heavy atom. The SMILES string of the molecule is CC(C)(C)c1cc(C2(O)c3ccccc3C(O)(c3cc(C(C)(C)C)c(O)c(C(C)(C)C)c3)c3ccccc32)cc(C(C)(C)C)c1O. The standard InChI is InChI=1S/C42H52O4/c1-37(2,3)31-21-25(22-32(35(31)43)38(4,5)6)41(45)27-17-13-15-19-29(27)42(46,30-20-16-14-18-28(30)41)26-23-33(39(7,8)9)36(44)34(24-26)40(10,11)12/h13-24,43-46H,1-12H3. The van der Waals surface area contributed by atoms with Crippen LogP contribution in [-0.2, 0) is 32.9 Å². The minimum absolute atomic E-state index is 0.245. The van der Waals surface area contributed by atoms with Crippen LogP contribution in [0.25, 0.3) is 0 Å². The maximum absolute atomic E-state index is 13.3. The summed E-state index contributed by atoms with van der Waals surface area (Å²) in [5.74, 6) is 0.490. The largest absolute Gasteiger partial charge is 0.507 e. The van der Waals surface area contributed by atoms with E-state index in [1.807, 2.05) is 72.8 Å². The van der Waals surface area contributed by atoms with Crippen molar-refractivity contribution in [2.24, 2.45) is 0 Å². The van der Waals surface area contributed by atoms with Crippen molar-refractivity contribution in [3.8, 4) is 11.5 Å². The van der Waals surface area contributed by atoms with Crippen molar-refractivity contribution in [1.29, 1.82) is 0 Å². The first kappa shape index (κ1) is 33.8.